The van der Waals surface area contributed by atoms with Crippen LogP contribution >= 0.6 is 0 Å². The molecule has 0 saturated carbocycles. The van der Waals surface area contributed by atoms with Crippen molar-refractivity contribution >= 4 is 0 Å². The summed E-state index contributed by atoms with van der Waals surface area (Å²) in [7, 11) is 0. The van der Waals surface area contributed by atoms with Crippen molar-refractivity contribution in [2.75, 3.05) is 0 Å². The van der Waals surface area contributed by atoms with Gasteiger partial charge < -0.3 is 17.2 Å². The van der Waals surface area contributed by atoms with Crippen LogP contribution in [0.2, 0.25) is 0 Å². The van der Waals surface area contributed by atoms with E-state index in [-0.39, 0.29) is 0 Å². The standard InChI is InChI=1S/C12H29N3/c1-2-3-4-5-6-7-8-9-10-11-12(13,14)15/h2-11,13-15H2,1H3. The number of nitrogens with two attached hydrogens (primary N) is 3. The quantitative estimate of drug-likeness (QED) is 0.387. The van der Waals surface area contributed by atoms with Crippen LogP contribution in [0.1, 0.15) is 71.1 Å². The van der Waals surface area contributed by atoms with Crippen molar-refractivity contribution in [1.82, 2.24) is 0 Å². The Labute approximate surface area is 94.8 Å². The fourth-order valence-electron chi connectivity index (χ4n) is 1.74. The van der Waals surface area contributed by atoms with Crippen LogP contribution in [0.25, 0.3) is 0 Å². The molecule has 0 aliphatic carbocycles. The van der Waals surface area contributed by atoms with E-state index in [1.54, 1.807) is 0 Å². The Morgan fingerprint density at radius 2 is 1.07 bits per heavy atom. The van der Waals surface area contributed by atoms with Crippen LogP contribution in [-0.2, 0) is 0 Å². The third kappa shape index (κ3) is 13.9. The van der Waals surface area contributed by atoms with Crippen LogP contribution in [0.15, 0.2) is 0 Å². The predicted octanol–water partition coefficient (Wildman–Crippen LogP) is 2.44. The predicted molar refractivity (Wildman–Crippen MR) is 67.1 cm³/mol. The van der Waals surface area contributed by atoms with Crippen molar-refractivity contribution in [3.8, 4) is 0 Å². The topological polar surface area (TPSA) is 78.1 Å². The molecule has 0 aromatic heterocycles. The average molecular weight is 215 g/mol. The van der Waals surface area contributed by atoms with Crippen LogP contribution in [0.3, 0.4) is 0 Å². The molecule has 6 N–H and O–H groups in total. The zero-order valence-corrected chi connectivity index (χ0v) is 10.3. The normalized spacial score (nSPS) is 12.0. The molecule has 0 unspecified atom stereocenters. The molecule has 0 aromatic rings. The largest absolute Gasteiger partial charge is 0.301 e. The van der Waals surface area contributed by atoms with Crippen molar-refractivity contribution in [2.45, 2.75) is 76.9 Å². The maximum atomic E-state index is 5.49. The highest BCUT2D eigenvalue weighted by molar-refractivity contribution is 4.66. The zero-order valence-electron chi connectivity index (χ0n) is 10.3. The molecule has 3 nitrogen and oxygen atoms in total. The minimum absolute atomic E-state index is 0.725. The number of hydrogen-bond acceptors (Lipinski definition) is 3. The minimum atomic E-state index is -0.957. The van der Waals surface area contributed by atoms with E-state index in [1.165, 1.54) is 51.4 Å². The summed E-state index contributed by atoms with van der Waals surface area (Å²) < 4.78 is 0. The Morgan fingerprint density at radius 3 is 1.47 bits per heavy atom. The number of rotatable bonds is 10. The summed E-state index contributed by atoms with van der Waals surface area (Å²) in [6.07, 6.45) is 12.5. The molecule has 0 radical (unpaired) electrons. The molecule has 0 aromatic carbocycles. The third-order valence-electron chi connectivity index (χ3n) is 2.71. The first-order valence-corrected chi connectivity index (χ1v) is 6.43. The van der Waals surface area contributed by atoms with E-state index in [0.29, 0.717) is 0 Å². The van der Waals surface area contributed by atoms with Crippen molar-refractivity contribution in [2.24, 2.45) is 17.2 Å². The molecular weight excluding hydrogens is 186 g/mol. The fourth-order valence-corrected chi connectivity index (χ4v) is 1.74. The van der Waals surface area contributed by atoms with E-state index in [9.17, 15) is 0 Å². The molecular formula is C12H29N3. The average Bonchev–Trinajstić information content (AvgIpc) is 2.14. The molecule has 0 bridgehead atoms. The summed E-state index contributed by atoms with van der Waals surface area (Å²) in [6, 6.07) is 0. The Bertz CT molecular complexity index is 129. The molecule has 0 saturated heterocycles. The fraction of sp³-hybridized carbons (Fsp3) is 1.00. The van der Waals surface area contributed by atoms with E-state index >= 15 is 0 Å². The number of hydrogen-bond donors (Lipinski definition) is 3. The summed E-state index contributed by atoms with van der Waals surface area (Å²) in [4.78, 5) is 0. The van der Waals surface area contributed by atoms with Crippen molar-refractivity contribution in [3.63, 3.8) is 0 Å². The molecule has 0 atom stereocenters. The Balaban J connectivity index is 2.99. The van der Waals surface area contributed by atoms with Gasteiger partial charge in [0.05, 0.1) is 0 Å². The third-order valence-corrected chi connectivity index (χ3v) is 2.71. The van der Waals surface area contributed by atoms with Gasteiger partial charge in [-0.1, -0.05) is 58.3 Å². The second-order valence-corrected chi connectivity index (χ2v) is 4.69. The van der Waals surface area contributed by atoms with E-state index < -0.39 is 5.79 Å². The lowest BCUT2D eigenvalue weighted by Gasteiger charge is -2.17. The zero-order chi connectivity index (χ0) is 11.6. The molecule has 0 aliphatic heterocycles. The maximum Gasteiger partial charge on any atom is 0.115 e. The molecule has 3 heteroatoms. The molecule has 0 amide bonds. The first kappa shape index (κ1) is 14.9. The van der Waals surface area contributed by atoms with Crippen LogP contribution in [-0.4, -0.2) is 5.79 Å². The summed E-state index contributed by atoms with van der Waals surface area (Å²) in [6.45, 7) is 2.25. The molecule has 0 heterocycles. The van der Waals surface area contributed by atoms with Gasteiger partial charge in [-0.05, 0) is 12.8 Å². The van der Waals surface area contributed by atoms with Gasteiger partial charge in [-0.3, -0.25) is 0 Å². The van der Waals surface area contributed by atoms with Gasteiger partial charge in [0.15, 0.2) is 0 Å². The summed E-state index contributed by atoms with van der Waals surface area (Å²) >= 11 is 0. The number of unbranched alkanes of at least 4 members (excludes halogenated alkanes) is 8. The SMILES string of the molecule is CCCCCCCCCCCC(N)(N)N. The molecule has 0 spiro atoms. The smallest absolute Gasteiger partial charge is 0.115 e. The molecule has 0 fully saturated rings. The molecule has 15 heavy (non-hydrogen) atoms. The van der Waals surface area contributed by atoms with Crippen LogP contribution in [0.4, 0.5) is 0 Å². The van der Waals surface area contributed by atoms with E-state index in [2.05, 4.69) is 6.92 Å². The summed E-state index contributed by atoms with van der Waals surface area (Å²) in [5, 5.41) is 0. The second kappa shape index (κ2) is 9.13. The monoisotopic (exact) mass is 215 g/mol. The van der Waals surface area contributed by atoms with Crippen molar-refractivity contribution in [1.29, 1.82) is 0 Å². The van der Waals surface area contributed by atoms with Gasteiger partial charge in [0, 0.05) is 0 Å². The van der Waals surface area contributed by atoms with E-state index in [0.717, 1.165) is 12.8 Å². The first-order chi connectivity index (χ1) is 7.06. The Morgan fingerprint density at radius 1 is 0.667 bits per heavy atom. The van der Waals surface area contributed by atoms with Gasteiger partial charge in [0.25, 0.3) is 0 Å². The Kier molecular flexibility index (Phi) is 9.06. The molecule has 0 aliphatic rings. The maximum absolute atomic E-state index is 5.49. The minimum Gasteiger partial charge on any atom is -0.301 e. The lowest BCUT2D eigenvalue weighted by atomic mass is 10.1. The van der Waals surface area contributed by atoms with Crippen molar-refractivity contribution in [3.05, 3.63) is 0 Å². The first-order valence-electron chi connectivity index (χ1n) is 6.43. The molecule has 0 rings (SSSR count). The lowest BCUT2D eigenvalue weighted by molar-refractivity contribution is 0.399. The van der Waals surface area contributed by atoms with E-state index in [1.807, 2.05) is 0 Å². The highest BCUT2D eigenvalue weighted by Crippen LogP contribution is 2.11. The van der Waals surface area contributed by atoms with Gasteiger partial charge in [0.1, 0.15) is 5.79 Å². The molecule has 92 valence electrons. The van der Waals surface area contributed by atoms with Gasteiger partial charge in [-0.25, -0.2) is 0 Å². The highest BCUT2D eigenvalue weighted by Gasteiger charge is 2.09. The van der Waals surface area contributed by atoms with Gasteiger partial charge in [0.2, 0.25) is 0 Å². The highest BCUT2D eigenvalue weighted by atomic mass is 15.1. The van der Waals surface area contributed by atoms with Crippen molar-refractivity contribution < 1.29 is 0 Å². The van der Waals surface area contributed by atoms with Crippen LogP contribution in [0.5, 0.6) is 0 Å². The summed E-state index contributed by atoms with van der Waals surface area (Å²) in [5.74, 6) is -0.957. The van der Waals surface area contributed by atoms with Gasteiger partial charge in [-0.2, -0.15) is 0 Å². The van der Waals surface area contributed by atoms with E-state index in [4.69, 9.17) is 17.2 Å². The second-order valence-electron chi connectivity index (χ2n) is 4.69. The van der Waals surface area contributed by atoms with Gasteiger partial charge >= 0.3 is 0 Å². The lowest BCUT2D eigenvalue weighted by Crippen LogP contribution is -2.57. The van der Waals surface area contributed by atoms with Gasteiger partial charge in [-0.15, -0.1) is 0 Å². The summed E-state index contributed by atoms with van der Waals surface area (Å²) in [5.41, 5.74) is 16.5. The van der Waals surface area contributed by atoms with Crippen LogP contribution in [0, 0.1) is 0 Å². The Hall–Kier alpha value is -0.120. The van der Waals surface area contributed by atoms with Crippen LogP contribution < -0.4 is 17.2 Å².